The molecule has 0 saturated carbocycles. The Morgan fingerprint density at radius 3 is 2.65 bits per heavy atom. The lowest BCUT2D eigenvalue weighted by atomic mass is 9.97. The first kappa shape index (κ1) is 20.4. The number of esters is 1. The van der Waals surface area contributed by atoms with Crippen molar-refractivity contribution in [3.63, 3.8) is 0 Å². The molecule has 7 heteroatoms. The highest BCUT2D eigenvalue weighted by molar-refractivity contribution is 6.07. The molecule has 0 aliphatic heterocycles. The molecule has 0 radical (unpaired) electrons. The normalized spacial score (nSPS) is 11.1. The van der Waals surface area contributed by atoms with Crippen LogP contribution in [0.25, 0.3) is 32.8 Å². The molecule has 158 valence electrons. The van der Waals surface area contributed by atoms with Crippen molar-refractivity contribution in [1.29, 1.82) is 0 Å². The predicted molar refractivity (Wildman–Crippen MR) is 121 cm³/mol. The summed E-state index contributed by atoms with van der Waals surface area (Å²) in [5, 5.41) is 2.52. The fourth-order valence-corrected chi connectivity index (χ4v) is 3.94. The molecular weight excluding hydrogens is 395 g/mol. The van der Waals surface area contributed by atoms with Crippen LogP contribution in [0.15, 0.2) is 59.6 Å². The third-order valence-electron chi connectivity index (χ3n) is 5.37. The minimum absolute atomic E-state index is 0.0569. The molecule has 0 saturated heterocycles. The molecule has 4 aromatic rings. The number of nitrogens with two attached hydrogens (primary N) is 2. The van der Waals surface area contributed by atoms with Crippen LogP contribution in [0, 0.1) is 5.82 Å². The van der Waals surface area contributed by atoms with Crippen molar-refractivity contribution in [2.75, 3.05) is 6.61 Å². The number of halogens is 1. The molecular formula is C24H23FN4O2. The molecule has 4 N–H and O–H groups in total. The average Bonchev–Trinajstić information content (AvgIpc) is 3.03. The molecule has 0 bridgehead atoms. The van der Waals surface area contributed by atoms with Crippen LogP contribution in [-0.4, -0.2) is 23.1 Å². The summed E-state index contributed by atoms with van der Waals surface area (Å²) in [6.07, 6.45) is 0. The highest BCUT2D eigenvalue weighted by Gasteiger charge is 2.22. The first-order chi connectivity index (χ1) is 14.9. The molecule has 0 unspecified atom stereocenters. The van der Waals surface area contributed by atoms with Crippen LogP contribution in [0.2, 0.25) is 0 Å². The topological polar surface area (TPSA) is 95.6 Å². The Morgan fingerprint density at radius 1 is 1.10 bits per heavy atom. The first-order valence-electron chi connectivity index (χ1n) is 9.93. The maximum Gasteiger partial charge on any atom is 0.340 e. The van der Waals surface area contributed by atoms with E-state index in [1.54, 1.807) is 13.0 Å². The van der Waals surface area contributed by atoms with E-state index in [-0.39, 0.29) is 24.9 Å². The number of aliphatic imine (C=N–C) groups is 1. The minimum atomic E-state index is -0.422. The van der Waals surface area contributed by atoms with Crippen molar-refractivity contribution in [3.05, 3.63) is 71.7 Å². The number of hydrogen-bond donors (Lipinski definition) is 2. The zero-order valence-electron chi connectivity index (χ0n) is 17.4. The standard InChI is InChI=1S/C24H23FN4O2/c1-3-31-23(30)22-18-10-8-15(11-20(18)29(2)21(22)13-28-24(26)27)17-6-4-5-14-7-9-16(25)12-19(14)17/h4-12H,3,13H2,1-2H3,(H4,26,27,28). The van der Waals surface area contributed by atoms with Gasteiger partial charge in [0, 0.05) is 18.0 Å². The second-order valence-corrected chi connectivity index (χ2v) is 7.25. The van der Waals surface area contributed by atoms with Crippen molar-refractivity contribution in [3.8, 4) is 11.1 Å². The number of aryl methyl sites for hydroxylation is 1. The second-order valence-electron chi connectivity index (χ2n) is 7.25. The van der Waals surface area contributed by atoms with Gasteiger partial charge in [-0.05, 0) is 47.0 Å². The highest BCUT2D eigenvalue weighted by atomic mass is 19.1. The van der Waals surface area contributed by atoms with Gasteiger partial charge in [-0.15, -0.1) is 0 Å². The van der Waals surface area contributed by atoms with E-state index >= 15 is 0 Å². The number of carbonyl (C=O) groups excluding carboxylic acids is 1. The summed E-state index contributed by atoms with van der Waals surface area (Å²) in [6.45, 7) is 2.17. The van der Waals surface area contributed by atoms with Crippen molar-refractivity contribution in [2.24, 2.45) is 23.5 Å². The molecule has 0 aliphatic carbocycles. The average molecular weight is 418 g/mol. The molecule has 1 heterocycles. The van der Waals surface area contributed by atoms with E-state index in [1.165, 1.54) is 12.1 Å². The smallest absolute Gasteiger partial charge is 0.340 e. The molecule has 0 amide bonds. The lowest BCUT2D eigenvalue weighted by Crippen LogP contribution is -2.23. The Kier molecular flexibility index (Phi) is 5.33. The monoisotopic (exact) mass is 418 g/mol. The van der Waals surface area contributed by atoms with Gasteiger partial charge in [-0.25, -0.2) is 14.2 Å². The van der Waals surface area contributed by atoms with E-state index in [2.05, 4.69) is 4.99 Å². The summed E-state index contributed by atoms with van der Waals surface area (Å²) in [4.78, 5) is 16.8. The molecule has 31 heavy (non-hydrogen) atoms. The van der Waals surface area contributed by atoms with Gasteiger partial charge in [0.1, 0.15) is 5.82 Å². The quantitative estimate of drug-likeness (QED) is 0.290. The van der Waals surface area contributed by atoms with Crippen LogP contribution in [0.1, 0.15) is 23.0 Å². The van der Waals surface area contributed by atoms with E-state index < -0.39 is 5.97 Å². The van der Waals surface area contributed by atoms with Crippen molar-refractivity contribution in [1.82, 2.24) is 4.57 Å². The lowest BCUT2D eigenvalue weighted by Gasteiger charge is -2.08. The van der Waals surface area contributed by atoms with Gasteiger partial charge in [-0.3, -0.25) is 0 Å². The Balaban J connectivity index is 1.94. The number of benzene rings is 3. The van der Waals surface area contributed by atoms with Gasteiger partial charge < -0.3 is 20.8 Å². The van der Waals surface area contributed by atoms with Gasteiger partial charge in [0.25, 0.3) is 0 Å². The fraction of sp³-hybridized carbons (Fsp3) is 0.167. The minimum Gasteiger partial charge on any atom is -0.462 e. The Bertz CT molecular complexity index is 1340. The Hall–Kier alpha value is -3.87. The van der Waals surface area contributed by atoms with Crippen LogP contribution >= 0.6 is 0 Å². The molecule has 1 aromatic heterocycles. The van der Waals surface area contributed by atoms with Gasteiger partial charge in [-0.1, -0.05) is 36.4 Å². The maximum absolute atomic E-state index is 13.9. The van der Waals surface area contributed by atoms with Gasteiger partial charge in [0.05, 0.1) is 24.4 Å². The number of nitrogens with zero attached hydrogens (tertiary/aromatic N) is 2. The third kappa shape index (κ3) is 3.70. The van der Waals surface area contributed by atoms with E-state index in [0.29, 0.717) is 11.3 Å². The largest absolute Gasteiger partial charge is 0.462 e. The fourth-order valence-electron chi connectivity index (χ4n) is 3.94. The first-order valence-corrected chi connectivity index (χ1v) is 9.93. The molecule has 3 aromatic carbocycles. The van der Waals surface area contributed by atoms with Crippen LogP contribution in [0.4, 0.5) is 4.39 Å². The van der Waals surface area contributed by atoms with Gasteiger partial charge in [0.2, 0.25) is 0 Å². The number of rotatable bonds is 5. The van der Waals surface area contributed by atoms with E-state index in [0.717, 1.165) is 32.8 Å². The highest BCUT2D eigenvalue weighted by Crippen LogP contribution is 2.34. The molecule has 0 fully saturated rings. The van der Waals surface area contributed by atoms with Crippen molar-refractivity contribution >= 4 is 33.6 Å². The molecule has 4 rings (SSSR count). The summed E-state index contributed by atoms with van der Waals surface area (Å²) in [5.41, 5.74) is 14.8. The summed E-state index contributed by atoms with van der Waals surface area (Å²) in [7, 11) is 1.86. The zero-order valence-corrected chi connectivity index (χ0v) is 17.4. The van der Waals surface area contributed by atoms with Crippen molar-refractivity contribution in [2.45, 2.75) is 13.5 Å². The Labute approximate surface area is 178 Å². The lowest BCUT2D eigenvalue weighted by molar-refractivity contribution is 0.0527. The number of aromatic nitrogens is 1. The number of hydrogen-bond acceptors (Lipinski definition) is 3. The molecule has 0 aliphatic rings. The van der Waals surface area contributed by atoms with Gasteiger partial charge >= 0.3 is 5.97 Å². The van der Waals surface area contributed by atoms with Crippen LogP contribution in [-0.2, 0) is 18.3 Å². The van der Waals surface area contributed by atoms with Crippen LogP contribution in [0.5, 0.6) is 0 Å². The SMILES string of the molecule is CCOC(=O)c1c(CN=C(N)N)n(C)c2cc(-c3cccc4ccc(F)cc34)ccc12. The van der Waals surface area contributed by atoms with Crippen LogP contribution in [0.3, 0.4) is 0 Å². The van der Waals surface area contributed by atoms with Crippen molar-refractivity contribution < 1.29 is 13.9 Å². The van der Waals surface area contributed by atoms with E-state index in [9.17, 15) is 9.18 Å². The summed E-state index contributed by atoms with van der Waals surface area (Å²) in [5.74, 6) is -0.767. The number of ether oxygens (including phenoxy) is 1. The van der Waals surface area contributed by atoms with E-state index in [4.69, 9.17) is 16.2 Å². The summed E-state index contributed by atoms with van der Waals surface area (Å²) >= 11 is 0. The number of guanidine groups is 1. The predicted octanol–water partition coefficient (Wildman–Crippen LogP) is 4.09. The molecule has 0 spiro atoms. The molecule has 6 nitrogen and oxygen atoms in total. The van der Waals surface area contributed by atoms with Crippen LogP contribution < -0.4 is 11.5 Å². The third-order valence-corrected chi connectivity index (χ3v) is 5.37. The summed E-state index contributed by atoms with van der Waals surface area (Å²) in [6, 6.07) is 16.4. The number of carbonyl (C=O) groups is 1. The second kappa shape index (κ2) is 8.10. The number of fused-ring (bicyclic) bond motifs is 2. The van der Waals surface area contributed by atoms with Gasteiger partial charge in [-0.2, -0.15) is 0 Å². The maximum atomic E-state index is 13.9. The Morgan fingerprint density at radius 2 is 1.90 bits per heavy atom. The van der Waals surface area contributed by atoms with Gasteiger partial charge in [0.15, 0.2) is 5.96 Å². The summed E-state index contributed by atoms with van der Waals surface area (Å²) < 4.78 is 21.1. The molecule has 0 atom stereocenters. The zero-order chi connectivity index (χ0) is 22.1. The van der Waals surface area contributed by atoms with E-state index in [1.807, 2.05) is 48.0 Å².